The van der Waals surface area contributed by atoms with E-state index >= 15 is 0 Å². The number of aryl methyl sites for hydroxylation is 2. The molecular weight excluding hydrogens is 168 g/mol. The van der Waals surface area contributed by atoms with Gasteiger partial charge in [-0.25, -0.2) is 10.5 Å². The van der Waals surface area contributed by atoms with E-state index in [1.165, 1.54) is 0 Å². The Morgan fingerprint density at radius 2 is 2.31 bits per heavy atom. The zero-order valence-corrected chi connectivity index (χ0v) is 7.57. The molecule has 0 saturated carbocycles. The molecule has 1 heterocycles. The number of nitrogens with zero attached hydrogens (tertiary/aromatic N) is 2. The highest BCUT2D eigenvalue weighted by molar-refractivity contribution is 5.80. The first-order chi connectivity index (χ1) is 6.15. The third-order valence-corrected chi connectivity index (χ3v) is 1.66. The van der Waals surface area contributed by atoms with Gasteiger partial charge < -0.3 is 5.73 Å². The molecule has 5 heteroatoms. The van der Waals surface area contributed by atoms with Gasteiger partial charge in [-0.1, -0.05) is 0 Å². The molecule has 0 bridgehead atoms. The highest BCUT2D eigenvalue weighted by atomic mass is 16.5. The Kier molecular flexibility index (Phi) is 2.81. The van der Waals surface area contributed by atoms with Gasteiger partial charge in [-0.2, -0.15) is 0 Å². The maximum Gasteiger partial charge on any atom is 0.218 e. The number of nitrogens with two attached hydrogens (primary N) is 1. The fraction of sp³-hybridized carbons (Fsp3) is 0.250. The van der Waals surface area contributed by atoms with Gasteiger partial charge in [0.25, 0.3) is 0 Å². The summed E-state index contributed by atoms with van der Waals surface area (Å²) in [4.78, 5) is 8.00. The first-order valence-corrected chi connectivity index (χ1v) is 3.81. The van der Waals surface area contributed by atoms with Crippen molar-refractivity contribution in [3.63, 3.8) is 0 Å². The maximum absolute atomic E-state index is 8.45. The molecule has 0 aromatic carbocycles. The van der Waals surface area contributed by atoms with Gasteiger partial charge in [-0.05, 0) is 25.5 Å². The standard InChI is InChI=1S/C8H12N4O/c1-5-3-4-10-6(2)7(5)11-8(9)12-13/h3-4,13H,1-2H3,(H3,9,11,12). The molecular formula is C8H12N4O. The summed E-state index contributed by atoms with van der Waals surface area (Å²) in [5, 5.41) is 8.45. The van der Waals surface area contributed by atoms with Gasteiger partial charge in [0.2, 0.25) is 5.96 Å². The number of aliphatic imine (C=N–C) groups is 1. The van der Waals surface area contributed by atoms with Crippen LogP contribution in [0.25, 0.3) is 0 Å². The molecule has 0 atom stereocenters. The molecule has 70 valence electrons. The van der Waals surface area contributed by atoms with E-state index in [0.717, 1.165) is 11.3 Å². The van der Waals surface area contributed by atoms with E-state index in [1.54, 1.807) is 11.7 Å². The van der Waals surface area contributed by atoms with Gasteiger partial charge in [-0.3, -0.25) is 10.2 Å². The van der Waals surface area contributed by atoms with Crippen molar-refractivity contribution in [3.05, 3.63) is 23.5 Å². The van der Waals surface area contributed by atoms with Crippen molar-refractivity contribution in [2.75, 3.05) is 0 Å². The molecule has 0 amide bonds. The molecule has 13 heavy (non-hydrogen) atoms. The van der Waals surface area contributed by atoms with Crippen LogP contribution in [0.2, 0.25) is 0 Å². The van der Waals surface area contributed by atoms with Crippen molar-refractivity contribution in [1.82, 2.24) is 10.5 Å². The van der Waals surface area contributed by atoms with Crippen LogP contribution in [0, 0.1) is 13.8 Å². The fourth-order valence-electron chi connectivity index (χ4n) is 1.00. The summed E-state index contributed by atoms with van der Waals surface area (Å²) < 4.78 is 0. The quantitative estimate of drug-likeness (QED) is 0.336. The van der Waals surface area contributed by atoms with Crippen LogP contribution in [0.5, 0.6) is 0 Å². The van der Waals surface area contributed by atoms with Gasteiger partial charge >= 0.3 is 0 Å². The summed E-state index contributed by atoms with van der Waals surface area (Å²) in [6.45, 7) is 3.73. The molecule has 5 nitrogen and oxygen atoms in total. The average Bonchev–Trinajstić information content (AvgIpc) is 2.11. The number of aromatic nitrogens is 1. The van der Waals surface area contributed by atoms with E-state index in [2.05, 4.69) is 9.98 Å². The number of hydrogen-bond donors (Lipinski definition) is 3. The van der Waals surface area contributed by atoms with Gasteiger partial charge in [0.05, 0.1) is 11.4 Å². The van der Waals surface area contributed by atoms with Crippen molar-refractivity contribution in [3.8, 4) is 0 Å². The van der Waals surface area contributed by atoms with Crippen molar-refractivity contribution < 1.29 is 5.21 Å². The number of hydrogen-bond acceptors (Lipinski definition) is 3. The van der Waals surface area contributed by atoms with E-state index < -0.39 is 0 Å². The largest absolute Gasteiger partial charge is 0.368 e. The summed E-state index contributed by atoms with van der Waals surface area (Å²) in [6, 6.07) is 1.83. The van der Waals surface area contributed by atoms with Crippen molar-refractivity contribution in [2.45, 2.75) is 13.8 Å². The average molecular weight is 180 g/mol. The van der Waals surface area contributed by atoms with Crippen LogP contribution in [-0.2, 0) is 0 Å². The van der Waals surface area contributed by atoms with Gasteiger partial charge in [-0.15, -0.1) is 0 Å². The SMILES string of the molecule is Cc1ccnc(C)c1N=C(N)NO. The second-order valence-corrected chi connectivity index (χ2v) is 2.67. The Morgan fingerprint density at radius 1 is 1.62 bits per heavy atom. The predicted octanol–water partition coefficient (Wildman–Crippen LogP) is 0.623. The number of nitrogens with one attached hydrogen (secondary N) is 1. The molecule has 1 aromatic rings. The van der Waals surface area contributed by atoms with Crippen molar-refractivity contribution in [1.29, 1.82) is 0 Å². The van der Waals surface area contributed by atoms with Crippen LogP contribution in [0.15, 0.2) is 17.3 Å². The number of hydroxylamine groups is 1. The summed E-state index contributed by atoms with van der Waals surface area (Å²) in [7, 11) is 0. The predicted molar refractivity (Wildman–Crippen MR) is 49.9 cm³/mol. The van der Waals surface area contributed by atoms with Gasteiger partial charge in [0, 0.05) is 6.20 Å². The highest BCUT2D eigenvalue weighted by Crippen LogP contribution is 2.20. The summed E-state index contributed by atoms with van der Waals surface area (Å²) >= 11 is 0. The second kappa shape index (κ2) is 3.86. The lowest BCUT2D eigenvalue weighted by molar-refractivity contribution is 0.233. The second-order valence-electron chi connectivity index (χ2n) is 2.67. The van der Waals surface area contributed by atoms with E-state index in [-0.39, 0.29) is 5.96 Å². The summed E-state index contributed by atoms with van der Waals surface area (Å²) in [5.41, 5.74) is 9.49. The van der Waals surface area contributed by atoms with Crippen LogP contribution >= 0.6 is 0 Å². The van der Waals surface area contributed by atoms with Gasteiger partial charge in [0.15, 0.2) is 0 Å². The Labute approximate surface area is 76.3 Å². The first-order valence-electron chi connectivity index (χ1n) is 3.81. The molecule has 0 unspecified atom stereocenters. The molecule has 1 aromatic heterocycles. The van der Waals surface area contributed by atoms with Crippen molar-refractivity contribution in [2.24, 2.45) is 10.7 Å². The number of rotatable bonds is 1. The van der Waals surface area contributed by atoms with Crippen LogP contribution < -0.4 is 11.2 Å². The number of pyridine rings is 1. The van der Waals surface area contributed by atoms with Crippen LogP contribution in [0.4, 0.5) is 5.69 Å². The van der Waals surface area contributed by atoms with Crippen LogP contribution in [0.1, 0.15) is 11.3 Å². The van der Waals surface area contributed by atoms with E-state index in [0.29, 0.717) is 5.69 Å². The van der Waals surface area contributed by atoms with E-state index in [4.69, 9.17) is 10.9 Å². The lowest BCUT2D eigenvalue weighted by Gasteiger charge is -2.03. The minimum Gasteiger partial charge on any atom is -0.368 e. The molecule has 0 fully saturated rings. The highest BCUT2D eigenvalue weighted by Gasteiger charge is 2.01. The number of guanidine groups is 1. The molecule has 0 spiro atoms. The molecule has 4 N–H and O–H groups in total. The molecule has 0 aliphatic rings. The third-order valence-electron chi connectivity index (χ3n) is 1.66. The monoisotopic (exact) mass is 180 g/mol. The normalized spacial score (nSPS) is 11.5. The smallest absolute Gasteiger partial charge is 0.218 e. The Bertz CT molecular complexity index is 315. The lowest BCUT2D eigenvalue weighted by atomic mass is 10.2. The first kappa shape index (κ1) is 9.47. The fourth-order valence-corrected chi connectivity index (χ4v) is 1.00. The molecule has 0 saturated heterocycles. The molecule has 0 radical (unpaired) electrons. The minimum absolute atomic E-state index is 0.0424. The zero-order chi connectivity index (χ0) is 9.84. The Hall–Kier alpha value is -1.62. The zero-order valence-electron chi connectivity index (χ0n) is 7.57. The van der Waals surface area contributed by atoms with Crippen molar-refractivity contribution >= 4 is 11.6 Å². The molecule has 0 aliphatic carbocycles. The van der Waals surface area contributed by atoms with Crippen LogP contribution in [-0.4, -0.2) is 16.2 Å². The van der Waals surface area contributed by atoms with Gasteiger partial charge in [0.1, 0.15) is 0 Å². The van der Waals surface area contributed by atoms with E-state index in [9.17, 15) is 0 Å². The Balaban J connectivity index is 3.14. The maximum atomic E-state index is 8.45. The Morgan fingerprint density at radius 3 is 2.85 bits per heavy atom. The minimum atomic E-state index is -0.0424. The summed E-state index contributed by atoms with van der Waals surface area (Å²) in [5.74, 6) is -0.0424. The third kappa shape index (κ3) is 2.16. The molecule has 0 aliphatic heterocycles. The lowest BCUT2D eigenvalue weighted by Crippen LogP contribution is -2.27. The molecule has 1 rings (SSSR count). The topological polar surface area (TPSA) is 83.5 Å². The summed E-state index contributed by atoms with van der Waals surface area (Å²) in [6.07, 6.45) is 1.70. The van der Waals surface area contributed by atoms with Crippen LogP contribution in [0.3, 0.4) is 0 Å². The van der Waals surface area contributed by atoms with E-state index in [1.807, 2.05) is 19.9 Å².